The van der Waals surface area contributed by atoms with Crippen LogP contribution in [0.15, 0.2) is 23.7 Å². The number of likely N-dealkylation sites (tertiary alicyclic amines) is 1. The topological polar surface area (TPSA) is 121 Å². The first kappa shape index (κ1) is 29.9. The number of β-amino-alcohol motifs (C(OH)–C–C–N with tert-alkyl or cyclic N) is 1. The summed E-state index contributed by atoms with van der Waals surface area (Å²) in [5.41, 5.74) is 1.78. The van der Waals surface area contributed by atoms with E-state index in [1.165, 1.54) is 4.90 Å². The number of benzene rings is 1. The second-order valence-electron chi connectivity index (χ2n) is 12.1. The number of rotatable bonds is 9. The highest BCUT2D eigenvalue weighted by atomic mass is 32.1. The third-order valence-corrected chi connectivity index (χ3v) is 8.22. The Kier molecular flexibility index (Phi) is 8.56. The lowest BCUT2D eigenvalue weighted by Crippen LogP contribution is -2.59. The zero-order chi connectivity index (χ0) is 29.4. The fourth-order valence-electron chi connectivity index (χ4n) is 4.80. The van der Waals surface area contributed by atoms with Crippen molar-refractivity contribution >= 4 is 29.1 Å². The van der Waals surface area contributed by atoms with E-state index in [1.807, 2.05) is 39.0 Å². The summed E-state index contributed by atoms with van der Waals surface area (Å²) in [6.07, 6.45) is -0.660. The van der Waals surface area contributed by atoms with Gasteiger partial charge < -0.3 is 25.4 Å². The van der Waals surface area contributed by atoms with Crippen LogP contribution in [0.5, 0.6) is 5.75 Å². The standard InChI is InChI=1S/C29H39FN4O5S/c1-16(2)39-22-11-18(23-17(3)32-15-40-23)7-8-19(22)13-31-25(36)21-12-20(35)14-34(21)26(37)24(28(4,5)6)33-27(38)29(30)9-10-29/h7-8,11,15-16,20-21,24,35H,9-10,12-14H2,1-6H3,(H,31,36)(H,33,38)/t20-,21+,24-/m1/s1. The number of halogens is 1. The van der Waals surface area contributed by atoms with Crippen molar-refractivity contribution in [2.24, 2.45) is 5.41 Å². The number of aliphatic hydroxyl groups is 1. The van der Waals surface area contributed by atoms with Crippen LogP contribution < -0.4 is 15.4 Å². The quantitative estimate of drug-likeness (QED) is 0.422. The maximum absolute atomic E-state index is 14.4. The molecular formula is C29H39FN4O5S. The molecule has 1 aromatic heterocycles. The third kappa shape index (κ3) is 6.63. The molecule has 0 unspecified atom stereocenters. The number of amides is 3. The van der Waals surface area contributed by atoms with Crippen molar-refractivity contribution in [3.63, 3.8) is 0 Å². The summed E-state index contributed by atoms with van der Waals surface area (Å²) < 4.78 is 20.4. The van der Waals surface area contributed by atoms with Crippen molar-refractivity contribution in [3.8, 4) is 16.2 Å². The molecule has 1 aromatic carbocycles. The van der Waals surface area contributed by atoms with Gasteiger partial charge in [-0.05, 0) is 50.7 Å². The van der Waals surface area contributed by atoms with Gasteiger partial charge in [-0.1, -0.05) is 32.9 Å². The molecule has 1 saturated carbocycles. The third-order valence-electron chi connectivity index (χ3n) is 7.24. The van der Waals surface area contributed by atoms with Crippen molar-refractivity contribution in [2.75, 3.05) is 6.54 Å². The van der Waals surface area contributed by atoms with Gasteiger partial charge in [0.05, 0.1) is 28.3 Å². The van der Waals surface area contributed by atoms with E-state index in [1.54, 1.807) is 37.6 Å². The Balaban J connectivity index is 1.49. The first-order valence-electron chi connectivity index (χ1n) is 13.7. The first-order chi connectivity index (χ1) is 18.7. The Labute approximate surface area is 238 Å². The molecular weight excluding hydrogens is 535 g/mol. The fraction of sp³-hybridized carbons (Fsp3) is 0.586. The monoisotopic (exact) mass is 574 g/mol. The van der Waals surface area contributed by atoms with Crippen molar-refractivity contribution in [2.45, 2.75) is 97.3 Å². The van der Waals surface area contributed by atoms with Gasteiger partial charge in [0.25, 0.3) is 5.91 Å². The van der Waals surface area contributed by atoms with E-state index >= 15 is 0 Å². The molecule has 0 bridgehead atoms. The second kappa shape index (κ2) is 11.4. The zero-order valence-corrected chi connectivity index (χ0v) is 24.7. The van der Waals surface area contributed by atoms with Crippen molar-refractivity contribution < 1.29 is 28.6 Å². The minimum Gasteiger partial charge on any atom is -0.491 e. The average molecular weight is 575 g/mol. The van der Waals surface area contributed by atoms with Crippen LogP contribution in [-0.2, 0) is 20.9 Å². The van der Waals surface area contributed by atoms with Gasteiger partial charge in [-0.3, -0.25) is 14.4 Å². The molecule has 9 nitrogen and oxygen atoms in total. The molecule has 11 heteroatoms. The van der Waals surface area contributed by atoms with Gasteiger partial charge in [0.15, 0.2) is 5.67 Å². The number of nitrogens with zero attached hydrogens (tertiary/aromatic N) is 2. The highest BCUT2D eigenvalue weighted by Crippen LogP contribution is 2.40. The summed E-state index contributed by atoms with van der Waals surface area (Å²) in [4.78, 5) is 46.1. The number of thiazole rings is 1. The summed E-state index contributed by atoms with van der Waals surface area (Å²) in [5, 5.41) is 15.9. The van der Waals surface area contributed by atoms with Crippen LogP contribution in [0.3, 0.4) is 0 Å². The predicted octanol–water partition coefficient (Wildman–Crippen LogP) is 3.52. The average Bonchev–Trinajstić information content (AvgIpc) is 3.28. The van der Waals surface area contributed by atoms with Gasteiger partial charge in [0, 0.05) is 25.1 Å². The van der Waals surface area contributed by atoms with Crippen molar-refractivity contribution in [3.05, 3.63) is 35.0 Å². The van der Waals surface area contributed by atoms with E-state index < -0.39 is 47.0 Å². The minimum atomic E-state index is -1.94. The number of carbonyl (C=O) groups excluding carboxylic acids is 3. The second-order valence-corrected chi connectivity index (χ2v) is 13.0. The van der Waals surface area contributed by atoms with Crippen LogP contribution in [0, 0.1) is 12.3 Å². The number of alkyl halides is 1. The Morgan fingerprint density at radius 2 is 1.98 bits per heavy atom. The largest absolute Gasteiger partial charge is 0.491 e. The summed E-state index contributed by atoms with van der Waals surface area (Å²) in [6.45, 7) is 11.2. The van der Waals surface area contributed by atoms with Crippen LogP contribution >= 0.6 is 11.3 Å². The molecule has 0 radical (unpaired) electrons. The van der Waals surface area contributed by atoms with Crippen LogP contribution in [0.2, 0.25) is 0 Å². The molecule has 218 valence electrons. The number of nitrogens with one attached hydrogen (secondary N) is 2. The lowest BCUT2D eigenvalue weighted by atomic mass is 9.85. The molecule has 2 heterocycles. The number of ether oxygens (including phenoxy) is 1. The lowest BCUT2D eigenvalue weighted by Gasteiger charge is -2.35. The number of aryl methyl sites for hydroxylation is 1. The molecule has 1 aliphatic carbocycles. The number of hydrogen-bond acceptors (Lipinski definition) is 7. The highest BCUT2D eigenvalue weighted by molar-refractivity contribution is 7.13. The van der Waals surface area contributed by atoms with Crippen LogP contribution in [-0.4, -0.2) is 69.2 Å². The summed E-state index contributed by atoms with van der Waals surface area (Å²) in [6, 6.07) is 3.80. The molecule has 4 rings (SSSR count). The van der Waals surface area contributed by atoms with Gasteiger partial charge in [-0.15, -0.1) is 11.3 Å². The summed E-state index contributed by atoms with van der Waals surface area (Å²) in [7, 11) is 0. The van der Waals surface area contributed by atoms with Gasteiger partial charge in [-0.25, -0.2) is 9.37 Å². The molecule has 40 heavy (non-hydrogen) atoms. The summed E-state index contributed by atoms with van der Waals surface area (Å²) in [5.74, 6) is -1.12. The number of carbonyl (C=O) groups is 3. The van der Waals surface area contributed by atoms with Gasteiger partial charge >= 0.3 is 0 Å². The number of aromatic nitrogens is 1. The zero-order valence-electron chi connectivity index (χ0n) is 23.9. The van der Waals surface area contributed by atoms with E-state index in [4.69, 9.17) is 4.74 Å². The SMILES string of the molecule is Cc1ncsc1-c1ccc(CNC(=O)[C@@H]2C[C@@H](O)CN2C(=O)[C@@H](NC(=O)C2(F)CC2)C(C)(C)C)c(OC(C)C)c1. The lowest BCUT2D eigenvalue weighted by molar-refractivity contribution is -0.145. The maximum Gasteiger partial charge on any atom is 0.258 e. The van der Waals surface area contributed by atoms with Crippen LogP contribution in [0.25, 0.3) is 10.4 Å². The Morgan fingerprint density at radius 1 is 1.27 bits per heavy atom. The predicted molar refractivity (Wildman–Crippen MR) is 150 cm³/mol. The van der Waals surface area contributed by atoms with E-state index in [2.05, 4.69) is 15.6 Å². The smallest absolute Gasteiger partial charge is 0.258 e. The Bertz CT molecular complexity index is 1270. The number of hydrogen-bond donors (Lipinski definition) is 3. The Hall–Kier alpha value is -3.05. The minimum absolute atomic E-state index is 0.0508. The van der Waals surface area contributed by atoms with Gasteiger partial charge in [-0.2, -0.15) is 0 Å². The molecule has 2 aliphatic rings. The van der Waals surface area contributed by atoms with E-state index in [0.717, 1.165) is 21.7 Å². The molecule has 2 fully saturated rings. The van der Waals surface area contributed by atoms with Gasteiger partial charge in [0.2, 0.25) is 11.8 Å². The highest BCUT2D eigenvalue weighted by Gasteiger charge is 2.53. The Morgan fingerprint density at radius 3 is 2.55 bits per heavy atom. The molecule has 3 atom stereocenters. The maximum atomic E-state index is 14.4. The molecule has 1 aliphatic heterocycles. The fourth-order valence-corrected chi connectivity index (χ4v) is 5.60. The molecule has 0 spiro atoms. The van der Waals surface area contributed by atoms with E-state index in [0.29, 0.717) is 5.75 Å². The first-order valence-corrected chi connectivity index (χ1v) is 14.5. The molecule has 1 saturated heterocycles. The van der Waals surface area contributed by atoms with Crippen molar-refractivity contribution in [1.29, 1.82) is 0 Å². The molecule has 2 aromatic rings. The normalized spacial score (nSPS) is 20.8. The molecule has 3 amide bonds. The number of aliphatic hydroxyl groups excluding tert-OH is 1. The van der Waals surface area contributed by atoms with Crippen LogP contribution in [0.1, 0.15) is 65.1 Å². The van der Waals surface area contributed by atoms with E-state index in [9.17, 15) is 23.9 Å². The van der Waals surface area contributed by atoms with E-state index in [-0.39, 0.29) is 38.5 Å². The van der Waals surface area contributed by atoms with Crippen LogP contribution in [0.4, 0.5) is 4.39 Å². The summed E-state index contributed by atoms with van der Waals surface area (Å²) >= 11 is 1.54. The van der Waals surface area contributed by atoms with Gasteiger partial charge in [0.1, 0.15) is 17.8 Å². The van der Waals surface area contributed by atoms with Crippen molar-refractivity contribution in [1.82, 2.24) is 20.5 Å². The molecule has 3 N–H and O–H groups in total.